The van der Waals surface area contributed by atoms with Gasteiger partial charge in [-0.1, -0.05) is 24.3 Å². The van der Waals surface area contributed by atoms with Crippen LogP contribution >= 0.6 is 0 Å². The monoisotopic (exact) mass is 236 g/mol. The lowest BCUT2D eigenvalue weighted by molar-refractivity contribution is 0.729. The van der Waals surface area contributed by atoms with Gasteiger partial charge in [0.1, 0.15) is 23.3 Å². The quantitative estimate of drug-likeness (QED) is 0.821. The molecule has 0 fully saturated rings. The van der Waals surface area contributed by atoms with Crippen molar-refractivity contribution in [2.24, 2.45) is 0 Å². The lowest BCUT2D eigenvalue weighted by Gasteiger charge is -2.10. The minimum Gasteiger partial charge on any atom is -0.382 e. The lowest BCUT2D eigenvalue weighted by atomic mass is 10.0. The molecule has 1 atom stereocenters. The smallest absolute Gasteiger partial charge is 0.145 e. The van der Waals surface area contributed by atoms with Crippen LogP contribution in [0.15, 0.2) is 30.5 Å². The zero-order valence-electron chi connectivity index (χ0n) is 9.80. The Hall–Kier alpha value is -2.41. The third-order valence-corrected chi connectivity index (χ3v) is 3.40. The molecule has 18 heavy (non-hydrogen) atoms. The summed E-state index contributed by atoms with van der Waals surface area (Å²) in [6.07, 6.45) is 3.56. The third kappa shape index (κ3) is 1.61. The Balaban J connectivity index is 2.03. The van der Waals surface area contributed by atoms with Crippen molar-refractivity contribution in [2.45, 2.75) is 18.8 Å². The van der Waals surface area contributed by atoms with Gasteiger partial charge in [-0.05, 0) is 24.0 Å². The summed E-state index contributed by atoms with van der Waals surface area (Å²) in [5, 5.41) is 8.82. The molecule has 0 radical (unpaired) electrons. The fourth-order valence-corrected chi connectivity index (χ4v) is 2.49. The number of nitrogens with two attached hydrogens (primary N) is 1. The summed E-state index contributed by atoms with van der Waals surface area (Å²) in [4.78, 5) is 8.55. The normalized spacial score (nSPS) is 17.2. The van der Waals surface area contributed by atoms with Crippen molar-refractivity contribution in [1.29, 1.82) is 5.26 Å². The Morgan fingerprint density at radius 1 is 1.33 bits per heavy atom. The van der Waals surface area contributed by atoms with Crippen LogP contribution < -0.4 is 5.73 Å². The molecule has 0 saturated carbocycles. The van der Waals surface area contributed by atoms with Gasteiger partial charge >= 0.3 is 0 Å². The second kappa shape index (κ2) is 4.11. The third-order valence-electron chi connectivity index (χ3n) is 3.40. The van der Waals surface area contributed by atoms with E-state index < -0.39 is 0 Å². The van der Waals surface area contributed by atoms with E-state index in [1.165, 1.54) is 17.3 Å². The summed E-state index contributed by atoms with van der Waals surface area (Å²) in [5.41, 5.74) is 8.72. The maximum Gasteiger partial charge on any atom is 0.145 e. The van der Waals surface area contributed by atoms with Gasteiger partial charge in [-0.3, -0.25) is 0 Å². The molecule has 4 nitrogen and oxygen atoms in total. The van der Waals surface area contributed by atoms with E-state index in [-0.39, 0.29) is 11.7 Å². The first kappa shape index (κ1) is 10.7. The van der Waals surface area contributed by atoms with Crippen molar-refractivity contribution in [3.8, 4) is 6.07 Å². The number of aryl methyl sites for hydroxylation is 1. The molecule has 0 spiro atoms. The fourth-order valence-electron chi connectivity index (χ4n) is 2.49. The molecule has 0 bridgehead atoms. The molecule has 2 N–H and O–H groups in total. The summed E-state index contributed by atoms with van der Waals surface area (Å²) in [7, 11) is 0. The number of hydrogen-bond donors (Lipinski definition) is 1. The van der Waals surface area contributed by atoms with E-state index in [1.807, 2.05) is 12.1 Å². The molecule has 0 aliphatic heterocycles. The number of rotatable bonds is 1. The molecular formula is C14H12N4. The van der Waals surface area contributed by atoms with E-state index in [0.717, 1.165) is 18.7 Å². The SMILES string of the molecule is N#Cc1cnc(C2CCc3ccccc32)nc1N. The fraction of sp³-hybridized carbons (Fsp3) is 0.214. The van der Waals surface area contributed by atoms with Crippen molar-refractivity contribution in [3.05, 3.63) is 53.0 Å². The highest BCUT2D eigenvalue weighted by Gasteiger charge is 2.26. The van der Waals surface area contributed by atoms with Crippen molar-refractivity contribution >= 4 is 5.82 Å². The number of benzene rings is 1. The van der Waals surface area contributed by atoms with Crippen molar-refractivity contribution in [3.63, 3.8) is 0 Å². The molecule has 2 aromatic rings. The van der Waals surface area contributed by atoms with Gasteiger partial charge in [-0.25, -0.2) is 9.97 Å². The Kier molecular flexibility index (Phi) is 2.45. The Morgan fingerprint density at radius 3 is 2.94 bits per heavy atom. The van der Waals surface area contributed by atoms with Crippen LogP contribution in [0.1, 0.15) is 34.9 Å². The number of nitrogens with zero attached hydrogens (tertiary/aromatic N) is 3. The van der Waals surface area contributed by atoms with Crippen LogP contribution in [0, 0.1) is 11.3 Å². The van der Waals surface area contributed by atoms with E-state index in [0.29, 0.717) is 5.56 Å². The van der Waals surface area contributed by atoms with Crippen molar-refractivity contribution < 1.29 is 0 Å². The van der Waals surface area contributed by atoms with Gasteiger partial charge in [0.25, 0.3) is 0 Å². The second-order valence-electron chi connectivity index (χ2n) is 4.43. The highest BCUT2D eigenvalue weighted by Crippen LogP contribution is 2.36. The molecule has 1 aliphatic rings. The van der Waals surface area contributed by atoms with Crippen molar-refractivity contribution in [2.75, 3.05) is 5.73 Å². The number of nitrogen functional groups attached to an aromatic ring is 1. The largest absolute Gasteiger partial charge is 0.382 e. The molecule has 88 valence electrons. The summed E-state index contributed by atoms with van der Waals surface area (Å²) < 4.78 is 0. The number of nitriles is 1. The van der Waals surface area contributed by atoms with Crippen LogP contribution in [0.25, 0.3) is 0 Å². The first-order chi connectivity index (χ1) is 8.79. The Bertz CT molecular complexity index is 642. The van der Waals surface area contributed by atoms with Crippen LogP contribution in [0.5, 0.6) is 0 Å². The zero-order valence-corrected chi connectivity index (χ0v) is 9.80. The van der Waals surface area contributed by atoms with Crippen LogP contribution in [0.4, 0.5) is 5.82 Å². The van der Waals surface area contributed by atoms with Gasteiger partial charge < -0.3 is 5.73 Å². The maximum absolute atomic E-state index is 8.82. The number of hydrogen-bond acceptors (Lipinski definition) is 4. The minimum absolute atomic E-state index is 0.205. The zero-order chi connectivity index (χ0) is 12.5. The van der Waals surface area contributed by atoms with E-state index >= 15 is 0 Å². The highest BCUT2D eigenvalue weighted by atomic mass is 14.9. The molecule has 1 heterocycles. The first-order valence-corrected chi connectivity index (χ1v) is 5.90. The molecule has 1 aromatic heterocycles. The molecule has 1 unspecified atom stereocenters. The molecule has 0 amide bonds. The first-order valence-electron chi connectivity index (χ1n) is 5.90. The van der Waals surface area contributed by atoms with Gasteiger partial charge in [-0.15, -0.1) is 0 Å². The minimum atomic E-state index is 0.205. The van der Waals surface area contributed by atoms with Gasteiger partial charge in [0.05, 0.1) is 6.20 Å². The average Bonchev–Trinajstić information content (AvgIpc) is 2.82. The summed E-state index contributed by atoms with van der Waals surface area (Å²) in [6, 6.07) is 10.3. The standard InChI is InChI=1S/C14H12N4/c15-7-10-8-17-14(18-13(10)16)12-6-5-9-3-1-2-4-11(9)12/h1-4,8,12H,5-6H2,(H2,16,17,18). The molecule has 4 heteroatoms. The molecule has 1 aromatic carbocycles. The molecule has 3 rings (SSSR count). The van der Waals surface area contributed by atoms with Crippen LogP contribution in [0.2, 0.25) is 0 Å². The summed E-state index contributed by atoms with van der Waals surface area (Å²) in [5.74, 6) is 1.19. The number of aromatic nitrogens is 2. The van der Waals surface area contributed by atoms with Crippen LogP contribution in [-0.4, -0.2) is 9.97 Å². The van der Waals surface area contributed by atoms with Crippen molar-refractivity contribution in [1.82, 2.24) is 9.97 Å². The van der Waals surface area contributed by atoms with Gasteiger partial charge in [-0.2, -0.15) is 5.26 Å². The highest BCUT2D eigenvalue weighted by molar-refractivity contribution is 5.48. The van der Waals surface area contributed by atoms with E-state index in [2.05, 4.69) is 28.2 Å². The predicted molar refractivity (Wildman–Crippen MR) is 67.8 cm³/mol. The van der Waals surface area contributed by atoms with E-state index in [9.17, 15) is 0 Å². The van der Waals surface area contributed by atoms with Crippen LogP contribution in [0.3, 0.4) is 0 Å². The summed E-state index contributed by atoms with van der Waals surface area (Å²) >= 11 is 0. The molecule has 0 saturated heterocycles. The Labute approximate surface area is 105 Å². The van der Waals surface area contributed by atoms with E-state index in [1.54, 1.807) is 0 Å². The van der Waals surface area contributed by atoms with Gasteiger partial charge in [0.15, 0.2) is 0 Å². The maximum atomic E-state index is 8.82. The lowest BCUT2D eigenvalue weighted by Crippen LogP contribution is -2.06. The predicted octanol–water partition coefficient (Wildman–Crippen LogP) is 2.01. The van der Waals surface area contributed by atoms with E-state index in [4.69, 9.17) is 11.0 Å². The Morgan fingerprint density at radius 2 is 2.17 bits per heavy atom. The second-order valence-corrected chi connectivity index (χ2v) is 4.43. The molecule has 1 aliphatic carbocycles. The topological polar surface area (TPSA) is 75.6 Å². The number of anilines is 1. The van der Waals surface area contributed by atoms with Gasteiger partial charge in [0, 0.05) is 5.92 Å². The van der Waals surface area contributed by atoms with Crippen LogP contribution in [-0.2, 0) is 6.42 Å². The van der Waals surface area contributed by atoms with Gasteiger partial charge in [0.2, 0.25) is 0 Å². The summed E-state index contributed by atoms with van der Waals surface area (Å²) in [6.45, 7) is 0. The number of fused-ring (bicyclic) bond motifs is 1. The average molecular weight is 236 g/mol. The molecular weight excluding hydrogens is 224 g/mol.